The summed E-state index contributed by atoms with van der Waals surface area (Å²) >= 11 is 1.47. The molecule has 0 saturated heterocycles. The Kier molecular flexibility index (Phi) is 5.61. The van der Waals surface area contributed by atoms with Crippen LogP contribution < -0.4 is 5.43 Å². The molecule has 2 N–H and O–H groups in total. The predicted octanol–water partition coefficient (Wildman–Crippen LogP) is 3.41. The number of hydrogen-bond acceptors (Lipinski definition) is 4. The zero-order chi connectivity index (χ0) is 15.9. The van der Waals surface area contributed by atoms with E-state index in [0.717, 1.165) is 4.90 Å². The number of aromatic hydroxyl groups is 1. The van der Waals surface area contributed by atoms with Gasteiger partial charge in [-0.15, -0.1) is 11.8 Å². The fraction of sp³-hybridized carbons (Fsp3) is 0.176. The Morgan fingerprint density at radius 3 is 2.45 bits per heavy atom. The van der Waals surface area contributed by atoms with Crippen LogP contribution in [-0.2, 0) is 4.79 Å². The van der Waals surface area contributed by atoms with E-state index < -0.39 is 0 Å². The largest absolute Gasteiger partial charge is 0.507 e. The Hall–Kier alpha value is -2.27. The van der Waals surface area contributed by atoms with Gasteiger partial charge in [0.2, 0.25) is 0 Å². The number of carbonyl (C=O) groups is 1. The highest BCUT2D eigenvalue weighted by atomic mass is 32.2. The molecule has 1 atom stereocenters. The van der Waals surface area contributed by atoms with Gasteiger partial charge in [-0.2, -0.15) is 5.10 Å². The lowest BCUT2D eigenvalue weighted by molar-refractivity contribution is -0.120. The van der Waals surface area contributed by atoms with Crippen molar-refractivity contribution in [3.05, 3.63) is 60.2 Å². The van der Waals surface area contributed by atoms with Crippen molar-refractivity contribution in [3.63, 3.8) is 0 Å². The van der Waals surface area contributed by atoms with Crippen LogP contribution in [0.4, 0.5) is 0 Å². The third-order valence-corrected chi connectivity index (χ3v) is 4.16. The van der Waals surface area contributed by atoms with Crippen molar-refractivity contribution < 1.29 is 9.90 Å². The van der Waals surface area contributed by atoms with Crippen molar-refractivity contribution in [2.45, 2.75) is 24.0 Å². The van der Waals surface area contributed by atoms with Crippen LogP contribution in [0.3, 0.4) is 0 Å². The molecule has 0 radical (unpaired) electrons. The summed E-state index contributed by atoms with van der Waals surface area (Å²) in [7, 11) is 0. The normalized spacial score (nSPS) is 12.7. The molecule has 114 valence electrons. The minimum atomic E-state index is -0.261. The Morgan fingerprint density at radius 1 is 1.14 bits per heavy atom. The fourth-order valence-corrected chi connectivity index (χ4v) is 2.71. The van der Waals surface area contributed by atoms with Gasteiger partial charge >= 0.3 is 0 Å². The lowest BCUT2D eigenvalue weighted by atomic mass is 10.1. The van der Waals surface area contributed by atoms with Crippen LogP contribution in [0.1, 0.15) is 19.4 Å². The number of carbonyl (C=O) groups excluding carboxylic acids is 1. The molecule has 0 saturated carbocycles. The van der Waals surface area contributed by atoms with Crippen LogP contribution in [0.2, 0.25) is 0 Å². The maximum atomic E-state index is 12.1. The molecule has 1 unspecified atom stereocenters. The SMILES string of the molecule is CC(=NNC(=O)C(C)Sc1ccccc1)c1ccccc1O. The molecule has 0 bridgehead atoms. The molecular weight excluding hydrogens is 296 g/mol. The van der Waals surface area contributed by atoms with E-state index in [2.05, 4.69) is 10.5 Å². The number of nitrogens with zero attached hydrogens (tertiary/aromatic N) is 1. The topological polar surface area (TPSA) is 61.7 Å². The monoisotopic (exact) mass is 314 g/mol. The molecule has 0 aliphatic heterocycles. The molecule has 1 amide bonds. The number of benzene rings is 2. The van der Waals surface area contributed by atoms with Crippen LogP contribution in [-0.4, -0.2) is 22.0 Å². The van der Waals surface area contributed by atoms with E-state index in [1.807, 2.05) is 43.3 Å². The van der Waals surface area contributed by atoms with Gasteiger partial charge in [0, 0.05) is 10.5 Å². The summed E-state index contributed by atoms with van der Waals surface area (Å²) in [5, 5.41) is 13.6. The third kappa shape index (κ3) is 4.36. The number of rotatable bonds is 5. The second-order valence-corrected chi connectivity index (χ2v) is 6.18. The van der Waals surface area contributed by atoms with Crippen LogP contribution in [0.25, 0.3) is 0 Å². The average molecular weight is 314 g/mol. The summed E-state index contributed by atoms with van der Waals surface area (Å²) in [4.78, 5) is 13.1. The minimum Gasteiger partial charge on any atom is -0.507 e. The molecule has 0 aromatic heterocycles. The van der Waals surface area contributed by atoms with Gasteiger partial charge in [0.25, 0.3) is 5.91 Å². The maximum Gasteiger partial charge on any atom is 0.253 e. The van der Waals surface area contributed by atoms with Crippen molar-refractivity contribution in [1.29, 1.82) is 0 Å². The smallest absolute Gasteiger partial charge is 0.253 e. The molecule has 2 rings (SSSR count). The molecule has 0 aliphatic carbocycles. The van der Waals surface area contributed by atoms with Crippen LogP contribution >= 0.6 is 11.8 Å². The summed E-state index contributed by atoms with van der Waals surface area (Å²) in [6, 6.07) is 16.6. The number of phenolic OH excluding ortho intramolecular Hbond substituents is 1. The van der Waals surface area contributed by atoms with Crippen molar-refractivity contribution in [3.8, 4) is 5.75 Å². The number of amides is 1. The second-order valence-electron chi connectivity index (χ2n) is 4.76. The lowest BCUT2D eigenvalue weighted by Gasteiger charge is -2.10. The Morgan fingerprint density at radius 2 is 1.77 bits per heavy atom. The number of hydrazone groups is 1. The first-order valence-electron chi connectivity index (χ1n) is 6.92. The standard InChI is InChI=1S/C17H18N2O2S/c1-12(15-10-6-7-11-16(15)20)18-19-17(21)13(2)22-14-8-4-3-5-9-14/h3-11,13,20H,1-2H3,(H,19,21). The minimum absolute atomic E-state index is 0.143. The summed E-state index contributed by atoms with van der Waals surface area (Å²) in [6.07, 6.45) is 0. The fourth-order valence-electron chi connectivity index (χ4n) is 1.83. The third-order valence-electron chi connectivity index (χ3n) is 3.05. The Balaban J connectivity index is 1.97. The highest BCUT2D eigenvalue weighted by Crippen LogP contribution is 2.22. The van der Waals surface area contributed by atoms with Crippen molar-refractivity contribution in [1.82, 2.24) is 5.43 Å². The van der Waals surface area contributed by atoms with Gasteiger partial charge in [0.05, 0.1) is 11.0 Å². The summed E-state index contributed by atoms with van der Waals surface area (Å²) in [6.45, 7) is 3.57. The van der Waals surface area contributed by atoms with Crippen molar-refractivity contribution in [2.24, 2.45) is 5.10 Å². The highest BCUT2D eigenvalue weighted by Gasteiger charge is 2.14. The molecule has 0 aliphatic rings. The lowest BCUT2D eigenvalue weighted by Crippen LogP contribution is -2.27. The van der Waals surface area contributed by atoms with E-state index in [1.165, 1.54) is 11.8 Å². The maximum absolute atomic E-state index is 12.1. The number of phenols is 1. The molecule has 2 aromatic rings. The van der Waals surface area contributed by atoms with E-state index in [4.69, 9.17) is 0 Å². The molecule has 0 heterocycles. The highest BCUT2D eigenvalue weighted by molar-refractivity contribution is 8.00. The molecule has 2 aromatic carbocycles. The number of nitrogens with one attached hydrogen (secondary N) is 1. The molecule has 22 heavy (non-hydrogen) atoms. The van der Waals surface area contributed by atoms with Crippen molar-refractivity contribution >= 4 is 23.4 Å². The molecule has 0 fully saturated rings. The van der Waals surface area contributed by atoms with Crippen LogP contribution in [0.5, 0.6) is 5.75 Å². The number of hydrogen-bond donors (Lipinski definition) is 2. The van der Waals surface area contributed by atoms with Crippen molar-refractivity contribution in [2.75, 3.05) is 0 Å². The molecule has 5 heteroatoms. The Labute approximate surface area is 134 Å². The summed E-state index contributed by atoms with van der Waals surface area (Å²) in [5.74, 6) is -0.0340. The van der Waals surface area contributed by atoms with E-state index in [9.17, 15) is 9.90 Å². The van der Waals surface area contributed by atoms with Gasteiger partial charge in [0.15, 0.2) is 0 Å². The zero-order valence-electron chi connectivity index (χ0n) is 12.5. The summed E-state index contributed by atoms with van der Waals surface area (Å²) < 4.78 is 0. The number of para-hydroxylation sites is 1. The first kappa shape index (κ1) is 16.1. The first-order chi connectivity index (χ1) is 10.6. The Bertz CT molecular complexity index is 671. The first-order valence-corrected chi connectivity index (χ1v) is 7.80. The van der Waals surface area contributed by atoms with Crippen LogP contribution in [0, 0.1) is 0 Å². The van der Waals surface area contributed by atoms with Crippen LogP contribution in [0.15, 0.2) is 64.6 Å². The number of thioether (sulfide) groups is 1. The zero-order valence-corrected chi connectivity index (χ0v) is 13.3. The van der Waals surface area contributed by atoms with Gasteiger partial charge in [-0.05, 0) is 38.1 Å². The van der Waals surface area contributed by atoms with E-state index >= 15 is 0 Å². The predicted molar refractivity (Wildman–Crippen MR) is 90.2 cm³/mol. The molecular formula is C17H18N2O2S. The molecule has 0 spiro atoms. The van der Waals surface area contributed by atoms with Gasteiger partial charge in [0.1, 0.15) is 5.75 Å². The van der Waals surface area contributed by atoms with Gasteiger partial charge in [-0.1, -0.05) is 30.3 Å². The average Bonchev–Trinajstić information content (AvgIpc) is 2.53. The van der Waals surface area contributed by atoms with Gasteiger partial charge < -0.3 is 5.11 Å². The van der Waals surface area contributed by atoms with E-state index in [-0.39, 0.29) is 16.9 Å². The van der Waals surface area contributed by atoms with E-state index in [1.54, 1.807) is 25.1 Å². The van der Waals surface area contributed by atoms with Gasteiger partial charge in [-0.3, -0.25) is 4.79 Å². The molecule has 4 nitrogen and oxygen atoms in total. The van der Waals surface area contributed by atoms with E-state index in [0.29, 0.717) is 11.3 Å². The quantitative estimate of drug-likeness (QED) is 0.505. The second kappa shape index (κ2) is 7.66. The van der Waals surface area contributed by atoms with Gasteiger partial charge in [-0.25, -0.2) is 5.43 Å². The summed E-state index contributed by atoms with van der Waals surface area (Å²) in [5.41, 5.74) is 3.71.